The number of carbonyl (C=O) groups is 2. The molecule has 53 heavy (non-hydrogen) atoms. The molecule has 272 valence electrons. The van der Waals surface area contributed by atoms with Gasteiger partial charge in [0.1, 0.15) is 5.52 Å². The Morgan fingerprint density at radius 2 is 1.89 bits per heavy atom. The van der Waals surface area contributed by atoms with E-state index in [2.05, 4.69) is 63.1 Å². The molecule has 0 radical (unpaired) electrons. The molecule has 4 aliphatic rings. The third-order valence-corrected chi connectivity index (χ3v) is 11.4. The fourth-order valence-corrected chi connectivity index (χ4v) is 8.63. The fraction of sp³-hybridized carbons (Fsp3) is 0.390. The van der Waals surface area contributed by atoms with Crippen LogP contribution in [0, 0.1) is 6.92 Å². The normalized spacial score (nSPS) is 21.2. The summed E-state index contributed by atoms with van der Waals surface area (Å²) >= 11 is 0. The van der Waals surface area contributed by atoms with E-state index in [9.17, 15) is 14.7 Å². The Morgan fingerprint density at radius 3 is 2.74 bits per heavy atom. The zero-order chi connectivity index (χ0) is 36.1. The van der Waals surface area contributed by atoms with Crippen molar-refractivity contribution in [3.8, 4) is 11.1 Å². The van der Waals surface area contributed by atoms with Gasteiger partial charge in [-0.05, 0) is 97.2 Å². The van der Waals surface area contributed by atoms with Crippen molar-refractivity contribution >= 4 is 39.9 Å². The zero-order valence-electron chi connectivity index (χ0n) is 30.0. The molecule has 2 saturated heterocycles. The van der Waals surface area contributed by atoms with Gasteiger partial charge < -0.3 is 26.0 Å². The van der Waals surface area contributed by atoms with E-state index in [-0.39, 0.29) is 30.0 Å². The number of carbonyl (C=O) groups excluding carboxylic acids is 2. The summed E-state index contributed by atoms with van der Waals surface area (Å²) in [6, 6.07) is 18.9. The van der Waals surface area contributed by atoms with Gasteiger partial charge >= 0.3 is 0 Å². The van der Waals surface area contributed by atoms with Gasteiger partial charge in [0.25, 0.3) is 5.91 Å². The second-order valence-electron chi connectivity index (χ2n) is 14.9. The van der Waals surface area contributed by atoms with Gasteiger partial charge in [-0.1, -0.05) is 24.3 Å². The number of aryl methyl sites for hydroxylation is 1. The Kier molecular flexibility index (Phi) is 8.89. The molecule has 2 aromatic carbocycles. The Morgan fingerprint density at radius 1 is 1.00 bits per heavy atom. The number of anilines is 3. The van der Waals surface area contributed by atoms with Crippen molar-refractivity contribution in [2.45, 2.75) is 76.7 Å². The van der Waals surface area contributed by atoms with Gasteiger partial charge in [0.05, 0.1) is 11.8 Å². The molecule has 2 amide bonds. The van der Waals surface area contributed by atoms with Crippen LogP contribution in [0.2, 0.25) is 0 Å². The summed E-state index contributed by atoms with van der Waals surface area (Å²) < 4.78 is 1.98. The van der Waals surface area contributed by atoms with Crippen molar-refractivity contribution < 1.29 is 14.7 Å². The predicted molar refractivity (Wildman–Crippen MR) is 204 cm³/mol. The van der Waals surface area contributed by atoms with E-state index in [1.807, 2.05) is 46.2 Å². The van der Waals surface area contributed by atoms with Crippen LogP contribution in [0.3, 0.4) is 0 Å². The lowest BCUT2D eigenvalue weighted by Crippen LogP contribution is -2.38. The molecule has 5 aromatic rings. The number of likely N-dealkylation sites (tertiary alicyclic amines) is 1. The molecule has 3 aromatic heterocycles. The highest BCUT2D eigenvalue weighted by atomic mass is 16.3. The first-order valence-corrected chi connectivity index (χ1v) is 18.9. The van der Waals surface area contributed by atoms with Crippen molar-refractivity contribution in [1.82, 2.24) is 35.3 Å². The van der Waals surface area contributed by atoms with Gasteiger partial charge in [0.2, 0.25) is 5.91 Å². The van der Waals surface area contributed by atoms with E-state index >= 15 is 0 Å². The number of aliphatic hydroxyl groups is 1. The Labute approximate surface area is 308 Å². The van der Waals surface area contributed by atoms with Crippen LogP contribution >= 0.6 is 0 Å². The van der Waals surface area contributed by atoms with Gasteiger partial charge in [-0.25, -0.2) is 4.98 Å². The summed E-state index contributed by atoms with van der Waals surface area (Å²) in [5.74, 6) is 0.743. The number of rotatable bonds is 9. The standard InChI is InChI=1S/C41H45N9O3/c1-25-30(5-2-7-33(25)46-40-39-27(12-15-42-40)19-26(21-44-39)23-48-17-13-29(51)24-48)31-6-3-9-36-32(31)14-18-49(36)41(53)35-20-37-34(8-4-16-50(37)47-35)43-22-28-10-11-38(52)45-28/h2-3,5-7,9,12,15,19-21,28-29,34,43,51H,4,8,10-11,13-14,16-18,22-24H2,1H3,(H,42,46)(H,45,52)/t28-,29+,34?/m0/s1. The third-order valence-electron chi connectivity index (χ3n) is 11.4. The summed E-state index contributed by atoms with van der Waals surface area (Å²) in [5, 5.41) is 26.0. The SMILES string of the molecule is Cc1c(Nc2nccc3cc(CN4CC[C@@H](O)C4)cnc23)cccc1-c1cccc2c1CCN2C(=O)c1cc2n(n1)CCCC2NC[C@@H]1CCC(=O)N1. The van der Waals surface area contributed by atoms with E-state index in [1.54, 1.807) is 0 Å². The number of hydrogen-bond donors (Lipinski definition) is 4. The van der Waals surface area contributed by atoms with Crippen molar-refractivity contribution in [2.24, 2.45) is 0 Å². The molecular formula is C41H45N9O3. The molecule has 1 unspecified atom stereocenters. The number of hydrogen-bond acceptors (Lipinski definition) is 9. The van der Waals surface area contributed by atoms with Crippen molar-refractivity contribution in [1.29, 1.82) is 0 Å². The smallest absolute Gasteiger partial charge is 0.278 e. The second kappa shape index (κ2) is 14.0. The van der Waals surface area contributed by atoms with E-state index in [0.717, 1.165) is 108 Å². The minimum atomic E-state index is -0.245. The van der Waals surface area contributed by atoms with Crippen molar-refractivity contribution in [2.75, 3.05) is 36.4 Å². The van der Waals surface area contributed by atoms with Crippen LogP contribution in [0.5, 0.6) is 0 Å². The molecule has 12 nitrogen and oxygen atoms in total. The fourth-order valence-electron chi connectivity index (χ4n) is 8.63. The number of nitrogens with zero attached hydrogens (tertiary/aromatic N) is 6. The monoisotopic (exact) mass is 711 g/mol. The maximum atomic E-state index is 14.1. The van der Waals surface area contributed by atoms with E-state index in [4.69, 9.17) is 10.1 Å². The van der Waals surface area contributed by atoms with Gasteiger partial charge in [-0.15, -0.1) is 0 Å². The highest BCUT2D eigenvalue weighted by Crippen LogP contribution is 2.40. The van der Waals surface area contributed by atoms with Crippen LogP contribution < -0.4 is 20.9 Å². The molecule has 2 fully saturated rings. The number of β-amino-alcohol motifs (C(OH)–C–C–N with tert-alkyl or cyclic N) is 1. The van der Waals surface area contributed by atoms with Gasteiger partial charge in [0, 0.05) is 86.9 Å². The molecule has 9 rings (SSSR count). The quantitative estimate of drug-likeness (QED) is 0.166. The number of aliphatic hydroxyl groups excluding tert-OH is 1. The van der Waals surface area contributed by atoms with Crippen LogP contribution in [-0.4, -0.2) is 79.9 Å². The minimum Gasteiger partial charge on any atom is -0.392 e. The largest absolute Gasteiger partial charge is 0.392 e. The number of benzene rings is 2. The first kappa shape index (κ1) is 33.7. The number of fused-ring (bicyclic) bond motifs is 3. The number of nitrogens with one attached hydrogen (secondary N) is 3. The summed E-state index contributed by atoms with van der Waals surface area (Å²) in [6.07, 6.45) is 8.45. The van der Waals surface area contributed by atoms with Crippen LogP contribution in [0.15, 0.2) is 67.0 Å². The van der Waals surface area contributed by atoms with Crippen molar-refractivity contribution in [3.63, 3.8) is 0 Å². The molecule has 0 aliphatic carbocycles. The molecule has 12 heteroatoms. The Balaban J connectivity index is 0.937. The lowest BCUT2D eigenvalue weighted by molar-refractivity contribution is -0.119. The summed E-state index contributed by atoms with van der Waals surface area (Å²) in [7, 11) is 0. The van der Waals surface area contributed by atoms with Crippen LogP contribution in [0.25, 0.3) is 22.0 Å². The topological polar surface area (TPSA) is 141 Å². The maximum Gasteiger partial charge on any atom is 0.278 e. The highest BCUT2D eigenvalue weighted by Gasteiger charge is 2.32. The molecule has 3 atom stereocenters. The molecule has 0 bridgehead atoms. The average molecular weight is 712 g/mol. The third kappa shape index (κ3) is 6.55. The molecule has 0 spiro atoms. The number of pyridine rings is 2. The predicted octanol–water partition coefficient (Wildman–Crippen LogP) is 5.02. The van der Waals surface area contributed by atoms with Gasteiger partial charge in [-0.3, -0.25) is 24.2 Å². The van der Waals surface area contributed by atoms with Crippen LogP contribution in [0.1, 0.15) is 71.0 Å². The van der Waals surface area contributed by atoms with E-state index < -0.39 is 0 Å². The first-order chi connectivity index (χ1) is 25.9. The average Bonchev–Trinajstić information content (AvgIpc) is 3.98. The number of amides is 2. The Hall–Kier alpha value is -5.17. The molecule has 0 saturated carbocycles. The van der Waals surface area contributed by atoms with Gasteiger partial charge in [-0.2, -0.15) is 5.10 Å². The maximum absolute atomic E-state index is 14.1. The number of aromatic nitrogens is 4. The Bertz CT molecular complexity index is 2220. The lowest BCUT2D eigenvalue weighted by Gasteiger charge is -2.25. The lowest BCUT2D eigenvalue weighted by atomic mass is 9.93. The molecule has 7 heterocycles. The molecule has 4 aliphatic heterocycles. The summed E-state index contributed by atoms with van der Waals surface area (Å²) in [5.41, 5.74) is 9.79. The molecular weight excluding hydrogens is 667 g/mol. The second-order valence-corrected chi connectivity index (χ2v) is 14.9. The zero-order valence-corrected chi connectivity index (χ0v) is 30.0. The van der Waals surface area contributed by atoms with Crippen LogP contribution in [0.4, 0.5) is 17.2 Å². The molecule has 4 N–H and O–H groups in total. The van der Waals surface area contributed by atoms with Crippen LogP contribution in [-0.2, 0) is 24.3 Å². The summed E-state index contributed by atoms with van der Waals surface area (Å²) in [4.78, 5) is 39.4. The summed E-state index contributed by atoms with van der Waals surface area (Å²) in [6.45, 7) is 6.59. The first-order valence-electron chi connectivity index (χ1n) is 18.9. The van der Waals surface area contributed by atoms with E-state index in [1.165, 1.54) is 0 Å². The van der Waals surface area contributed by atoms with Gasteiger partial charge in [0.15, 0.2) is 11.5 Å². The highest BCUT2D eigenvalue weighted by molar-refractivity contribution is 6.07. The minimum absolute atomic E-state index is 0.0764. The van der Waals surface area contributed by atoms with Crippen molar-refractivity contribution in [3.05, 3.63) is 95.1 Å². The van der Waals surface area contributed by atoms with E-state index in [0.29, 0.717) is 37.6 Å².